The van der Waals surface area contributed by atoms with E-state index < -0.39 is 65.3 Å². The molecule has 3 heterocycles. The second kappa shape index (κ2) is 16.7. The summed E-state index contributed by atoms with van der Waals surface area (Å²) in [7, 11) is 1.66. The lowest BCUT2D eigenvalue weighted by molar-refractivity contribution is -0.142. The van der Waals surface area contributed by atoms with Crippen LogP contribution in [-0.2, 0) is 31.8 Å². The lowest BCUT2D eigenvalue weighted by atomic mass is 9.84. The second-order valence-corrected chi connectivity index (χ2v) is 13.7. The molecule has 1 saturated carbocycles. The van der Waals surface area contributed by atoms with Gasteiger partial charge in [0.2, 0.25) is 17.6 Å². The molecule has 4 rings (SSSR count). The van der Waals surface area contributed by atoms with Crippen LogP contribution in [0.3, 0.4) is 0 Å². The predicted octanol–water partition coefficient (Wildman–Crippen LogP) is 0.127. The van der Waals surface area contributed by atoms with Crippen LogP contribution in [0.1, 0.15) is 100 Å². The first-order chi connectivity index (χ1) is 23.7. The highest BCUT2D eigenvalue weighted by atomic mass is 16.4. The third-order valence-corrected chi connectivity index (χ3v) is 9.41. The summed E-state index contributed by atoms with van der Waals surface area (Å²) in [6, 6.07) is -4.11. The summed E-state index contributed by atoms with van der Waals surface area (Å²) in [4.78, 5) is 82.9. The topological polar surface area (TPSA) is 257 Å². The lowest BCUT2D eigenvalue weighted by Gasteiger charge is -2.32. The maximum atomic E-state index is 14.6. The summed E-state index contributed by atoms with van der Waals surface area (Å²) >= 11 is 0. The predicted molar refractivity (Wildman–Crippen MR) is 176 cm³/mol. The van der Waals surface area contributed by atoms with Crippen LogP contribution in [0, 0.1) is 5.92 Å². The molecule has 2 aliphatic rings. The first-order valence-electron chi connectivity index (χ1n) is 17.0. The van der Waals surface area contributed by atoms with Gasteiger partial charge in [-0.05, 0) is 45.4 Å². The molecule has 0 spiro atoms. The van der Waals surface area contributed by atoms with Gasteiger partial charge in [-0.25, -0.2) is 14.5 Å². The maximum absolute atomic E-state index is 14.6. The molecule has 0 bridgehead atoms. The minimum atomic E-state index is -1.35. The number of aryl methyl sites for hydroxylation is 1. The zero-order chi connectivity index (χ0) is 36.6. The van der Waals surface area contributed by atoms with Crippen LogP contribution in [0.2, 0.25) is 0 Å². The van der Waals surface area contributed by atoms with E-state index in [0.717, 1.165) is 32.1 Å². The Morgan fingerprint density at radius 1 is 1.06 bits per heavy atom. The Morgan fingerprint density at radius 2 is 1.78 bits per heavy atom. The normalized spacial score (nSPS) is 19.4. The van der Waals surface area contributed by atoms with Gasteiger partial charge in [0.1, 0.15) is 17.7 Å². The van der Waals surface area contributed by atoms with Gasteiger partial charge in [-0.1, -0.05) is 37.3 Å². The molecular formula is C32H48N10O8. The van der Waals surface area contributed by atoms with E-state index in [4.69, 9.17) is 10.8 Å². The van der Waals surface area contributed by atoms with Crippen LogP contribution in [-0.4, -0.2) is 106 Å². The number of imidazole rings is 1. The summed E-state index contributed by atoms with van der Waals surface area (Å²) in [5, 5.41) is 35.4. The Kier molecular flexibility index (Phi) is 12.7. The molecule has 4 atom stereocenters. The molecule has 274 valence electrons. The Labute approximate surface area is 289 Å². The van der Waals surface area contributed by atoms with Gasteiger partial charge >= 0.3 is 6.09 Å². The number of carboxylic acid groups (broad SMARTS) is 1. The van der Waals surface area contributed by atoms with Crippen molar-refractivity contribution in [1.29, 1.82) is 0 Å². The Bertz CT molecular complexity index is 1540. The number of hydrogen-bond donors (Lipinski definition) is 6. The summed E-state index contributed by atoms with van der Waals surface area (Å²) in [5.41, 5.74) is 4.30. The molecule has 5 amide bonds. The van der Waals surface area contributed by atoms with Crippen molar-refractivity contribution in [2.45, 2.75) is 108 Å². The highest BCUT2D eigenvalue weighted by Gasteiger charge is 2.45. The highest BCUT2D eigenvalue weighted by Crippen LogP contribution is 2.33. The number of Topliss-reactive ketones (excluding diaryl/α,β-unsaturated/α-hetero) is 1. The van der Waals surface area contributed by atoms with E-state index in [1.54, 1.807) is 27.1 Å². The minimum absolute atomic E-state index is 0.00510. The third kappa shape index (κ3) is 9.64. The number of unbranched alkanes of at least 4 members (excludes halogenated alkanes) is 1. The zero-order valence-electron chi connectivity index (χ0n) is 28.7. The first-order valence-corrected chi connectivity index (χ1v) is 17.0. The Balaban J connectivity index is 1.63. The summed E-state index contributed by atoms with van der Waals surface area (Å²) < 4.78 is 3.01. The monoisotopic (exact) mass is 700 g/mol. The molecule has 1 saturated heterocycles. The number of nitrogens with one attached hydrogen (secondary N) is 3. The summed E-state index contributed by atoms with van der Waals surface area (Å²) in [6.45, 7) is 3.19. The van der Waals surface area contributed by atoms with Crippen LogP contribution in [0.5, 0.6) is 0 Å². The van der Waals surface area contributed by atoms with E-state index in [2.05, 4.69) is 31.2 Å². The molecule has 2 unspecified atom stereocenters. The number of rotatable bonds is 16. The number of aromatic nitrogens is 5. The third-order valence-electron chi connectivity index (χ3n) is 9.41. The smallest absolute Gasteiger partial charge is 0.404 e. The van der Waals surface area contributed by atoms with Gasteiger partial charge in [0.25, 0.3) is 11.8 Å². The number of nitrogens with two attached hydrogens (primary N) is 1. The van der Waals surface area contributed by atoms with Gasteiger partial charge in [-0.3, -0.25) is 24.0 Å². The molecule has 18 heteroatoms. The molecule has 2 aromatic rings. The van der Waals surface area contributed by atoms with Gasteiger partial charge in [-0.15, -0.1) is 5.10 Å². The van der Waals surface area contributed by atoms with Gasteiger partial charge in [-0.2, -0.15) is 0 Å². The number of carbonyl (C=O) groups excluding carboxylic acids is 5. The van der Waals surface area contributed by atoms with Crippen LogP contribution in [0.4, 0.5) is 4.79 Å². The average molecular weight is 701 g/mol. The molecule has 0 aromatic carbocycles. The largest absolute Gasteiger partial charge is 0.465 e. The van der Waals surface area contributed by atoms with Crippen LogP contribution in [0.25, 0.3) is 0 Å². The van der Waals surface area contributed by atoms with E-state index in [0.29, 0.717) is 18.5 Å². The number of carbonyl (C=O) groups is 6. The fourth-order valence-corrected chi connectivity index (χ4v) is 6.80. The van der Waals surface area contributed by atoms with Gasteiger partial charge in [0.15, 0.2) is 5.82 Å². The maximum Gasteiger partial charge on any atom is 0.404 e. The number of primary amides is 1. The number of aliphatic hydroxyl groups is 1. The van der Waals surface area contributed by atoms with Gasteiger partial charge in [0.05, 0.1) is 24.0 Å². The molecule has 0 radical (unpaired) electrons. The number of hydrogen-bond acceptors (Lipinski definition) is 10. The number of nitrogens with zero attached hydrogens (tertiary/aromatic N) is 6. The highest BCUT2D eigenvalue weighted by molar-refractivity contribution is 6.37. The zero-order valence-corrected chi connectivity index (χ0v) is 28.7. The summed E-state index contributed by atoms with van der Waals surface area (Å²) in [5.74, 6) is -3.79. The quantitative estimate of drug-likeness (QED) is 0.101. The molecular weight excluding hydrogens is 652 g/mol. The SMILES string of the molecule is Cn1ccnc1C(=O)NC(CC1CCCCC1)C(=O)N1C[C@@H](n2nncc2C(C)(C)O)C[C@H]1C(=O)NC(CCCCNC(=O)O)C(=O)C(N)=O. The number of ketones is 1. The molecule has 1 aliphatic heterocycles. The van der Waals surface area contributed by atoms with Crippen molar-refractivity contribution in [2.75, 3.05) is 13.1 Å². The van der Waals surface area contributed by atoms with Crippen molar-refractivity contribution in [2.24, 2.45) is 18.7 Å². The molecule has 18 nitrogen and oxygen atoms in total. The van der Waals surface area contributed by atoms with Crippen molar-refractivity contribution in [3.63, 3.8) is 0 Å². The average Bonchev–Trinajstić information content (AvgIpc) is 3.83. The van der Waals surface area contributed by atoms with Crippen molar-refractivity contribution >= 4 is 35.5 Å². The standard InChI is InChI=1S/C32H48N10O8/c1-32(2,50)24-17-36-39-42(24)20-16-23(28(45)37-21(25(43)26(33)44)11-7-8-12-35-31(48)49)41(18-20)30(47)22(15-19-9-5-4-6-10-19)38-29(46)27-34-13-14-40(27)3/h13-14,17,19-23,35,50H,4-12,15-16,18H2,1-3H3,(H2,33,44)(H,37,45)(H,38,46)(H,48,49)/t20-,21?,22?,23-/m0/s1. The van der Waals surface area contributed by atoms with E-state index in [9.17, 15) is 33.9 Å². The molecule has 50 heavy (non-hydrogen) atoms. The fraction of sp³-hybridized carbons (Fsp3) is 0.656. The number of likely N-dealkylation sites (tertiary alicyclic amines) is 1. The molecule has 2 aromatic heterocycles. The Hall–Kier alpha value is -4.87. The summed E-state index contributed by atoms with van der Waals surface area (Å²) in [6.07, 6.45) is 9.12. The van der Waals surface area contributed by atoms with E-state index in [-0.39, 0.29) is 44.1 Å². The second-order valence-electron chi connectivity index (χ2n) is 13.7. The van der Waals surface area contributed by atoms with Crippen LogP contribution >= 0.6 is 0 Å². The molecule has 1 aliphatic carbocycles. The van der Waals surface area contributed by atoms with E-state index >= 15 is 0 Å². The molecule has 2 fully saturated rings. The van der Waals surface area contributed by atoms with Crippen molar-refractivity contribution in [1.82, 2.24) is 45.4 Å². The first kappa shape index (κ1) is 37.9. The van der Waals surface area contributed by atoms with Crippen molar-refractivity contribution < 1.29 is 39.0 Å². The van der Waals surface area contributed by atoms with E-state index in [1.165, 1.54) is 26.5 Å². The van der Waals surface area contributed by atoms with Gasteiger partial charge < -0.3 is 41.4 Å². The Morgan fingerprint density at radius 3 is 2.40 bits per heavy atom. The lowest BCUT2D eigenvalue weighted by Crippen LogP contribution is -2.56. The van der Waals surface area contributed by atoms with Gasteiger partial charge in [0, 0.05) is 39.0 Å². The van der Waals surface area contributed by atoms with Crippen molar-refractivity contribution in [3.05, 3.63) is 30.1 Å². The molecule has 7 N–H and O–H groups in total. The number of amides is 5. The van der Waals surface area contributed by atoms with Crippen molar-refractivity contribution in [3.8, 4) is 0 Å². The van der Waals surface area contributed by atoms with Crippen LogP contribution < -0.4 is 21.7 Å². The minimum Gasteiger partial charge on any atom is -0.465 e. The fourth-order valence-electron chi connectivity index (χ4n) is 6.80. The van der Waals surface area contributed by atoms with Crippen LogP contribution in [0.15, 0.2) is 18.6 Å². The van der Waals surface area contributed by atoms with E-state index in [1.807, 2.05) is 0 Å².